The van der Waals surface area contributed by atoms with Crippen LogP contribution in [0.15, 0.2) is 48.6 Å². The highest BCUT2D eigenvalue weighted by Gasteiger charge is 2.44. The fourth-order valence-corrected chi connectivity index (χ4v) is 6.71. The van der Waals surface area contributed by atoms with E-state index in [0.717, 1.165) is 55.5 Å². The summed E-state index contributed by atoms with van der Waals surface area (Å²) in [7, 11) is 2.88. The molecule has 43 heavy (non-hydrogen) atoms. The number of benzene rings is 2. The molecular weight excluding hydrogens is 568 g/mol. The normalized spacial score (nSPS) is 29.2. The summed E-state index contributed by atoms with van der Waals surface area (Å²) in [5.74, 6) is -0.261. The van der Waals surface area contributed by atoms with Crippen LogP contribution in [-0.4, -0.2) is 66.4 Å². The molecule has 0 spiro atoms. The summed E-state index contributed by atoms with van der Waals surface area (Å²) in [5.41, 5.74) is 1.06. The lowest BCUT2D eigenvalue weighted by atomic mass is 9.70. The Hall–Kier alpha value is -3.07. The van der Waals surface area contributed by atoms with E-state index in [9.17, 15) is 19.8 Å². The van der Waals surface area contributed by atoms with Gasteiger partial charge in [0.15, 0.2) is 5.60 Å². The summed E-state index contributed by atoms with van der Waals surface area (Å²) in [5, 5.41) is 23.7. The average Bonchev–Trinajstić information content (AvgIpc) is 3.00. The van der Waals surface area contributed by atoms with Crippen molar-refractivity contribution in [3.05, 3.63) is 70.3 Å². The number of carbonyl (C=O) groups excluding carboxylic acids is 2. The van der Waals surface area contributed by atoms with Crippen LogP contribution in [0.5, 0.6) is 5.75 Å². The van der Waals surface area contributed by atoms with Gasteiger partial charge in [0.2, 0.25) is 5.91 Å². The molecule has 2 aliphatic heterocycles. The van der Waals surface area contributed by atoms with Crippen molar-refractivity contribution >= 4 is 29.2 Å². The number of aliphatic hydroxyl groups is 2. The number of hydrogen-bond acceptors (Lipinski definition) is 7. The Morgan fingerprint density at radius 2 is 1.95 bits per heavy atom. The van der Waals surface area contributed by atoms with Crippen LogP contribution in [0, 0.1) is 11.8 Å². The van der Waals surface area contributed by atoms with E-state index in [1.54, 1.807) is 25.2 Å². The van der Waals surface area contributed by atoms with Crippen LogP contribution < -0.4 is 9.64 Å². The standard InChI is InChI=1S/C34H43ClN2O6/c1-22-7-6-9-30(38)28-14-11-24(28)20-37-16-5-4-8-23-17-27(35)13-10-25(23)21-43-31-15-12-26(18-29(31)37)34(41,33(40)42-3)19-32(39)36(22)2/h6,9-10,12-13,15,17-18,22,24,28,30,38,41H,4-5,7-8,11,14,16,19-21H2,1-3H3/b9-6+/t22-,24-,28+,30-,34+/m0/s1. The number of anilines is 1. The summed E-state index contributed by atoms with van der Waals surface area (Å²) >= 11 is 6.32. The minimum atomic E-state index is -2.18. The molecule has 1 fully saturated rings. The molecule has 5 atom stereocenters. The van der Waals surface area contributed by atoms with Gasteiger partial charge >= 0.3 is 5.97 Å². The maximum absolute atomic E-state index is 13.4. The molecule has 2 N–H and O–H groups in total. The first-order valence-corrected chi connectivity index (χ1v) is 15.7. The molecule has 9 heteroatoms. The van der Waals surface area contributed by atoms with Crippen LogP contribution >= 0.6 is 11.6 Å². The Morgan fingerprint density at radius 1 is 1.14 bits per heavy atom. The third kappa shape index (κ3) is 6.71. The third-order valence-electron chi connectivity index (χ3n) is 9.62. The van der Waals surface area contributed by atoms with Gasteiger partial charge in [-0.2, -0.15) is 0 Å². The second-order valence-corrected chi connectivity index (χ2v) is 12.8. The summed E-state index contributed by atoms with van der Waals surface area (Å²) < 4.78 is 11.5. The van der Waals surface area contributed by atoms with Gasteiger partial charge in [-0.05, 0) is 98.2 Å². The maximum Gasteiger partial charge on any atom is 0.343 e. The number of esters is 1. The average molecular weight is 611 g/mol. The number of fused-ring (bicyclic) bond motifs is 3. The van der Waals surface area contributed by atoms with E-state index in [1.807, 2.05) is 37.3 Å². The largest absolute Gasteiger partial charge is 0.487 e. The summed E-state index contributed by atoms with van der Waals surface area (Å²) in [6.45, 7) is 3.66. The molecule has 2 aromatic rings. The number of nitrogens with zero attached hydrogens (tertiary/aromatic N) is 2. The lowest BCUT2D eigenvalue weighted by molar-refractivity contribution is -0.168. The van der Waals surface area contributed by atoms with Gasteiger partial charge in [0, 0.05) is 31.2 Å². The molecule has 232 valence electrons. The van der Waals surface area contributed by atoms with Crippen molar-refractivity contribution in [1.82, 2.24) is 4.90 Å². The van der Waals surface area contributed by atoms with E-state index in [4.69, 9.17) is 21.1 Å². The first-order chi connectivity index (χ1) is 20.6. The number of carbonyl (C=O) groups is 2. The van der Waals surface area contributed by atoms with Crippen LogP contribution in [0.2, 0.25) is 5.02 Å². The van der Waals surface area contributed by atoms with E-state index >= 15 is 0 Å². The zero-order valence-electron chi connectivity index (χ0n) is 25.3. The number of halogens is 1. The van der Waals surface area contributed by atoms with E-state index in [1.165, 1.54) is 12.0 Å². The van der Waals surface area contributed by atoms with Gasteiger partial charge in [-0.25, -0.2) is 4.79 Å². The smallest absolute Gasteiger partial charge is 0.343 e. The molecule has 1 amide bonds. The van der Waals surface area contributed by atoms with Gasteiger partial charge < -0.3 is 29.5 Å². The zero-order valence-corrected chi connectivity index (χ0v) is 26.1. The number of methoxy groups -OCH3 is 1. The molecule has 5 rings (SSSR count). The predicted molar refractivity (Wildman–Crippen MR) is 166 cm³/mol. The molecule has 2 aromatic carbocycles. The predicted octanol–water partition coefficient (Wildman–Crippen LogP) is 5.01. The SMILES string of the molecule is COC(=O)[C@@]1(O)CC(=O)N(C)[C@@H](C)C/C=C/[C@H](O)[C@@H]2CC[C@H]2CN2CCCCc3cc(Cl)ccc3COc3ccc1cc32. The highest BCUT2D eigenvalue weighted by molar-refractivity contribution is 6.30. The number of rotatable bonds is 1. The first-order valence-electron chi connectivity index (χ1n) is 15.3. The van der Waals surface area contributed by atoms with Crippen molar-refractivity contribution in [2.24, 2.45) is 11.8 Å². The van der Waals surface area contributed by atoms with E-state index < -0.39 is 24.1 Å². The van der Waals surface area contributed by atoms with E-state index in [-0.39, 0.29) is 29.3 Å². The van der Waals surface area contributed by atoms with Crippen LogP contribution in [0.3, 0.4) is 0 Å². The molecule has 3 aliphatic rings. The topological polar surface area (TPSA) is 99.5 Å². The Kier molecular flexibility index (Phi) is 9.69. The van der Waals surface area contributed by atoms with Gasteiger partial charge in [0.1, 0.15) is 12.4 Å². The summed E-state index contributed by atoms with van der Waals surface area (Å²) in [6.07, 6.45) is 7.97. The molecule has 8 nitrogen and oxygen atoms in total. The molecule has 1 aliphatic carbocycles. The molecular formula is C34H43ClN2O6. The quantitative estimate of drug-likeness (QED) is 0.346. The minimum Gasteiger partial charge on any atom is -0.487 e. The second-order valence-electron chi connectivity index (χ2n) is 12.3. The molecule has 0 saturated heterocycles. The number of aliphatic hydroxyl groups excluding tert-OH is 1. The van der Waals surface area contributed by atoms with Crippen molar-refractivity contribution in [3.8, 4) is 5.75 Å². The number of ether oxygens (including phenoxy) is 2. The van der Waals surface area contributed by atoms with Crippen LogP contribution in [0.1, 0.15) is 62.1 Å². The highest BCUT2D eigenvalue weighted by atomic mass is 35.5. The Morgan fingerprint density at radius 3 is 2.70 bits per heavy atom. The number of amides is 1. The molecule has 0 unspecified atom stereocenters. The Labute approximate surface area is 259 Å². The van der Waals surface area contributed by atoms with Crippen molar-refractivity contribution in [1.29, 1.82) is 0 Å². The van der Waals surface area contributed by atoms with E-state index in [2.05, 4.69) is 4.90 Å². The van der Waals surface area contributed by atoms with Gasteiger partial charge in [0.25, 0.3) is 0 Å². The fourth-order valence-electron chi connectivity index (χ4n) is 6.52. The minimum absolute atomic E-state index is 0.128. The summed E-state index contributed by atoms with van der Waals surface area (Å²) in [6, 6.07) is 10.9. The molecule has 0 aromatic heterocycles. The number of aryl methyl sites for hydroxylation is 1. The van der Waals surface area contributed by atoms with Crippen LogP contribution in [0.25, 0.3) is 0 Å². The van der Waals surface area contributed by atoms with Gasteiger partial charge in [-0.1, -0.05) is 35.9 Å². The van der Waals surface area contributed by atoms with Crippen LogP contribution in [-0.2, 0) is 33.0 Å². The third-order valence-corrected chi connectivity index (χ3v) is 9.85. The van der Waals surface area contributed by atoms with Crippen molar-refractivity contribution in [2.75, 3.05) is 32.1 Å². The van der Waals surface area contributed by atoms with E-state index in [0.29, 0.717) is 30.3 Å². The van der Waals surface area contributed by atoms with Gasteiger partial charge in [-0.3, -0.25) is 4.79 Å². The fraction of sp³-hybridized carbons (Fsp3) is 0.529. The summed E-state index contributed by atoms with van der Waals surface area (Å²) in [4.78, 5) is 30.4. The first kappa shape index (κ1) is 31.4. The lowest BCUT2D eigenvalue weighted by Gasteiger charge is -2.43. The van der Waals surface area contributed by atoms with Crippen LogP contribution in [0.4, 0.5) is 5.69 Å². The van der Waals surface area contributed by atoms with Crippen molar-refractivity contribution in [2.45, 2.75) is 76.2 Å². The monoisotopic (exact) mass is 610 g/mol. The molecule has 2 bridgehead atoms. The Bertz CT molecular complexity index is 1360. The van der Waals surface area contributed by atoms with Crippen molar-refractivity contribution < 1.29 is 29.3 Å². The maximum atomic E-state index is 13.4. The van der Waals surface area contributed by atoms with Crippen molar-refractivity contribution in [3.63, 3.8) is 0 Å². The second kappa shape index (κ2) is 13.3. The molecule has 2 heterocycles. The van der Waals surface area contributed by atoms with Gasteiger partial charge in [0.05, 0.1) is 25.3 Å². The highest BCUT2D eigenvalue weighted by Crippen LogP contribution is 2.42. The molecule has 1 saturated carbocycles. The zero-order chi connectivity index (χ0) is 30.7. The number of hydrogen-bond donors (Lipinski definition) is 2. The molecule has 0 radical (unpaired) electrons. The van der Waals surface area contributed by atoms with Gasteiger partial charge in [-0.15, -0.1) is 0 Å². The lowest BCUT2D eigenvalue weighted by Crippen LogP contribution is -2.45. The Balaban J connectivity index is 1.60.